The normalized spacial score (nSPS) is 20.8. The number of rotatable bonds is 3. The summed E-state index contributed by atoms with van der Waals surface area (Å²) in [5, 5.41) is 2.82. The number of amides is 3. The Labute approximate surface area is 163 Å². The summed E-state index contributed by atoms with van der Waals surface area (Å²) in [5.41, 5.74) is 2.95. The van der Waals surface area contributed by atoms with Gasteiger partial charge in [0, 0.05) is 17.5 Å². The largest absolute Gasteiger partial charge is 0.493 e. The Morgan fingerprint density at radius 1 is 1.11 bits per heavy atom. The Morgan fingerprint density at radius 3 is 2.61 bits per heavy atom. The van der Waals surface area contributed by atoms with Gasteiger partial charge < -0.3 is 10.1 Å². The van der Waals surface area contributed by atoms with Crippen LogP contribution in [0.4, 0.5) is 4.79 Å². The Balaban J connectivity index is 1.65. The van der Waals surface area contributed by atoms with Crippen LogP contribution in [0.3, 0.4) is 0 Å². The summed E-state index contributed by atoms with van der Waals surface area (Å²) in [5.74, 6) is -0.0647. The minimum absolute atomic E-state index is 0.249. The number of carbonyl (C=O) groups excluding carboxylic acids is 3. The maximum Gasteiger partial charge on any atom is 0.325 e. The van der Waals surface area contributed by atoms with E-state index in [0.717, 1.165) is 21.6 Å². The molecule has 0 bridgehead atoms. The summed E-state index contributed by atoms with van der Waals surface area (Å²) in [6.07, 6.45) is 0.335. The Hall–Kier alpha value is -3.15. The van der Waals surface area contributed by atoms with E-state index < -0.39 is 17.5 Å². The van der Waals surface area contributed by atoms with Crippen molar-refractivity contribution in [3.05, 3.63) is 64.2 Å². The van der Waals surface area contributed by atoms with E-state index in [1.54, 1.807) is 18.2 Å². The first-order chi connectivity index (χ1) is 13.3. The Kier molecular flexibility index (Phi) is 4.22. The number of carbonyl (C=O) groups is 3. The van der Waals surface area contributed by atoms with Crippen molar-refractivity contribution >= 4 is 17.7 Å². The van der Waals surface area contributed by atoms with E-state index in [0.29, 0.717) is 29.9 Å². The molecule has 0 radical (unpaired) electrons. The quantitative estimate of drug-likeness (QED) is 0.658. The van der Waals surface area contributed by atoms with Gasteiger partial charge >= 0.3 is 6.03 Å². The van der Waals surface area contributed by atoms with Gasteiger partial charge in [0.25, 0.3) is 5.91 Å². The summed E-state index contributed by atoms with van der Waals surface area (Å²) in [7, 11) is 0. The minimum atomic E-state index is -1.16. The van der Waals surface area contributed by atoms with E-state index in [1.165, 1.54) is 0 Å². The lowest BCUT2D eigenvalue weighted by atomic mass is 9.84. The molecule has 28 heavy (non-hydrogen) atoms. The van der Waals surface area contributed by atoms with Crippen molar-refractivity contribution in [3.63, 3.8) is 0 Å². The predicted molar refractivity (Wildman–Crippen MR) is 103 cm³/mol. The average Bonchev–Trinajstić information content (AvgIpc) is 2.90. The molecule has 0 saturated carbocycles. The molecule has 3 amide bonds. The number of nitrogens with one attached hydrogen (secondary N) is 1. The molecule has 2 heterocycles. The van der Waals surface area contributed by atoms with Crippen LogP contribution in [0.1, 0.15) is 39.0 Å². The van der Waals surface area contributed by atoms with E-state index in [9.17, 15) is 14.4 Å². The highest BCUT2D eigenvalue weighted by Gasteiger charge is 2.55. The van der Waals surface area contributed by atoms with Crippen molar-refractivity contribution in [3.8, 4) is 5.75 Å². The molecular weight excluding hydrogens is 356 g/mol. The molecule has 1 spiro atoms. The van der Waals surface area contributed by atoms with Crippen molar-refractivity contribution in [1.29, 1.82) is 0 Å². The highest BCUT2D eigenvalue weighted by atomic mass is 16.5. The second-order valence-corrected chi connectivity index (χ2v) is 7.50. The molecule has 2 aliphatic rings. The maximum atomic E-state index is 13.3. The molecule has 1 fully saturated rings. The van der Waals surface area contributed by atoms with Gasteiger partial charge in [-0.1, -0.05) is 24.3 Å². The topological polar surface area (TPSA) is 75.7 Å². The average molecular weight is 378 g/mol. The van der Waals surface area contributed by atoms with Crippen molar-refractivity contribution in [1.82, 2.24) is 10.2 Å². The third-order valence-electron chi connectivity index (χ3n) is 5.70. The zero-order valence-electron chi connectivity index (χ0n) is 16.2. The number of fused-ring (bicyclic) bond motifs is 2. The van der Waals surface area contributed by atoms with Gasteiger partial charge in [-0.3, -0.25) is 14.5 Å². The fraction of sp³-hybridized carbons (Fsp3) is 0.318. The highest BCUT2D eigenvalue weighted by Crippen LogP contribution is 2.41. The zero-order valence-corrected chi connectivity index (χ0v) is 16.2. The first-order valence-electron chi connectivity index (χ1n) is 9.31. The van der Waals surface area contributed by atoms with Gasteiger partial charge in [0.1, 0.15) is 5.75 Å². The molecule has 2 aromatic carbocycles. The Morgan fingerprint density at radius 2 is 1.82 bits per heavy atom. The van der Waals surface area contributed by atoms with Crippen LogP contribution < -0.4 is 10.1 Å². The molecule has 4 rings (SSSR count). The fourth-order valence-corrected chi connectivity index (χ4v) is 4.01. The second-order valence-electron chi connectivity index (χ2n) is 7.50. The molecule has 0 aliphatic carbocycles. The van der Waals surface area contributed by atoms with E-state index in [-0.39, 0.29) is 12.3 Å². The van der Waals surface area contributed by atoms with Crippen LogP contribution >= 0.6 is 0 Å². The molecule has 144 valence electrons. The number of imide groups is 1. The van der Waals surface area contributed by atoms with Crippen LogP contribution in [0.25, 0.3) is 0 Å². The SMILES string of the molecule is Cc1cc(C)c(C(=O)CN2C(=O)N[C@]3(CCOc4ccccc43)C2=O)cc1C. The van der Waals surface area contributed by atoms with Gasteiger partial charge in [-0.15, -0.1) is 0 Å². The summed E-state index contributed by atoms with van der Waals surface area (Å²) < 4.78 is 5.63. The molecule has 1 atom stereocenters. The molecule has 6 heteroatoms. The molecule has 2 aromatic rings. The first-order valence-corrected chi connectivity index (χ1v) is 9.31. The number of ketones is 1. The van der Waals surface area contributed by atoms with Crippen molar-refractivity contribution < 1.29 is 19.1 Å². The predicted octanol–water partition coefficient (Wildman–Crippen LogP) is 3.02. The lowest BCUT2D eigenvalue weighted by Gasteiger charge is -2.33. The molecule has 0 aromatic heterocycles. The maximum absolute atomic E-state index is 13.3. The zero-order chi connectivity index (χ0) is 20.1. The second kappa shape index (κ2) is 6.48. The minimum Gasteiger partial charge on any atom is -0.493 e. The summed E-state index contributed by atoms with van der Waals surface area (Å²) in [6, 6.07) is 10.4. The molecule has 6 nitrogen and oxygen atoms in total. The van der Waals surface area contributed by atoms with Crippen molar-refractivity contribution in [2.24, 2.45) is 0 Å². The van der Waals surface area contributed by atoms with E-state index in [2.05, 4.69) is 5.32 Å². The van der Waals surface area contributed by atoms with Crippen LogP contribution in [0.15, 0.2) is 36.4 Å². The molecule has 1 N–H and O–H groups in total. The van der Waals surface area contributed by atoms with Gasteiger partial charge in [0.15, 0.2) is 11.3 Å². The van der Waals surface area contributed by atoms with Crippen LogP contribution in [0, 0.1) is 20.8 Å². The van der Waals surface area contributed by atoms with Crippen LogP contribution in [-0.4, -0.2) is 35.8 Å². The smallest absolute Gasteiger partial charge is 0.325 e. The summed E-state index contributed by atoms with van der Waals surface area (Å²) in [4.78, 5) is 39.8. The number of ether oxygens (including phenoxy) is 1. The lowest BCUT2D eigenvalue weighted by molar-refractivity contribution is -0.132. The first kappa shape index (κ1) is 18.2. The number of para-hydroxylation sites is 1. The standard InChI is InChI=1S/C22H22N2O4/c1-13-10-15(3)16(11-14(13)2)18(25)12-24-20(26)22(23-21(24)27)8-9-28-19-7-5-4-6-17(19)22/h4-7,10-11H,8-9,12H2,1-3H3,(H,23,27)/t22-/m0/s1. The summed E-state index contributed by atoms with van der Waals surface area (Å²) in [6.45, 7) is 5.83. The molecule has 1 saturated heterocycles. The van der Waals surface area contributed by atoms with Crippen molar-refractivity contribution in [2.45, 2.75) is 32.7 Å². The van der Waals surface area contributed by atoms with Crippen LogP contribution in [0.2, 0.25) is 0 Å². The van der Waals surface area contributed by atoms with Crippen molar-refractivity contribution in [2.75, 3.05) is 13.2 Å². The fourth-order valence-electron chi connectivity index (χ4n) is 4.01. The third-order valence-corrected chi connectivity index (χ3v) is 5.70. The molecule has 2 aliphatic heterocycles. The Bertz CT molecular complexity index is 1010. The number of urea groups is 1. The van der Waals surface area contributed by atoms with Gasteiger partial charge in [0.2, 0.25) is 0 Å². The van der Waals surface area contributed by atoms with Gasteiger partial charge in [-0.25, -0.2) is 4.79 Å². The monoisotopic (exact) mass is 378 g/mol. The number of hydrogen-bond donors (Lipinski definition) is 1. The molecular formula is C22H22N2O4. The lowest BCUT2D eigenvalue weighted by Crippen LogP contribution is -2.47. The van der Waals surface area contributed by atoms with E-state index in [4.69, 9.17) is 4.74 Å². The third kappa shape index (κ3) is 2.68. The van der Waals surface area contributed by atoms with Gasteiger partial charge in [0.05, 0.1) is 13.2 Å². The van der Waals surface area contributed by atoms with Crippen LogP contribution in [0.5, 0.6) is 5.75 Å². The van der Waals surface area contributed by atoms with Gasteiger partial charge in [-0.2, -0.15) is 0 Å². The van der Waals surface area contributed by atoms with E-state index >= 15 is 0 Å². The van der Waals surface area contributed by atoms with Crippen LogP contribution in [-0.2, 0) is 10.3 Å². The number of hydrogen-bond acceptors (Lipinski definition) is 4. The number of nitrogens with zero attached hydrogens (tertiary/aromatic N) is 1. The summed E-state index contributed by atoms with van der Waals surface area (Å²) >= 11 is 0. The number of Topliss-reactive ketones (excluding diaryl/α,β-unsaturated/α-hetero) is 1. The molecule has 0 unspecified atom stereocenters. The number of benzene rings is 2. The number of aryl methyl sites for hydroxylation is 3. The van der Waals surface area contributed by atoms with Gasteiger partial charge in [-0.05, 0) is 49.6 Å². The van der Waals surface area contributed by atoms with E-state index in [1.807, 2.05) is 39.0 Å². The highest BCUT2D eigenvalue weighted by molar-refractivity contribution is 6.12.